The summed E-state index contributed by atoms with van der Waals surface area (Å²) in [4.78, 5) is 22.9. The highest BCUT2D eigenvalue weighted by molar-refractivity contribution is 5.90. The number of amides is 1. The highest BCUT2D eigenvalue weighted by Gasteiger charge is 2.38. The summed E-state index contributed by atoms with van der Waals surface area (Å²) in [6.45, 7) is 10.6. The van der Waals surface area contributed by atoms with Crippen molar-refractivity contribution in [3.63, 3.8) is 0 Å². The summed E-state index contributed by atoms with van der Waals surface area (Å²) in [6.07, 6.45) is 1.40. The molecule has 0 bridgehead atoms. The topological polar surface area (TPSA) is 67.4 Å². The fourth-order valence-electron chi connectivity index (χ4n) is 3.13. The third-order valence-corrected chi connectivity index (χ3v) is 4.74. The second-order valence-electron chi connectivity index (χ2n) is 7.24. The number of aromatic nitrogens is 2. The van der Waals surface area contributed by atoms with Crippen molar-refractivity contribution in [1.82, 2.24) is 9.97 Å². The molecule has 6 heteroatoms. The maximum absolute atomic E-state index is 12.3. The van der Waals surface area contributed by atoms with Crippen molar-refractivity contribution in [2.24, 2.45) is 5.92 Å². The molecule has 0 radical (unpaired) electrons. The summed E-state index contributed by atoms with van der Waals surface area (Å²) < 4.78 is 5.26. The van der Waals surface area contributed by atoms with Crippen LogP contribution in [0.15, 0.2) is 30.5 Å². The Balaban J connectivity index is 1.87. The van der Waals surface area contributed by atoms with Crippen molar-refractivity contribution in [1.29, 1.82) is 0 Å². The number of anilines is 2. The molecule has 1 aliphatic heterocycles. The lowest BCUT2D eigenvalue weighted by Crippen LogP contribution is -2.38. The van der Waals surface area contributed by atoms with E-state index in [2.05, 4.69) is 61.2 Å². The van der Waals surface area contributed by atoms with Crippen LogP contribution in [0, 0.1) is 19.8 Å². The molecule has 138 valence electrons. The van der Waals surface area contributed by atoms with Crippen LogP contribution in [0.25, 0.3) is 0 Å². The fraction of sp³-hybridized carbons (Fsp3) is 0.450. The molecule has 1 N–H and O–H groups in total. The highest BCUT2D eigenvalue weighted by Crippen LogP contribution is 2.29. The maximum Gasteiger partial charge on any atom is 0.415 e. The fourth-order valence-corrected chi connectivity index (χ4v) is 3.13. The lowest BCUT2D eigenvalue weighted by atomic mass is 10.0. The average Bonchev–Trinajstić information content (AvgIpc) is 2.98. The van der Waals surface area contributed by atoms with Crippen LogP contribution in [0.4, 0.5) is 16.6 Å². The van der Waals surface area contributed by atoms with Crippen LogP contribution in [0.1, 0.15) is 43.5 Å². The van der Waals surface area contributed by atoms with Crippen LogP contribution in [0.3, 0.4) is 0 Å². The van der Waals surface area contributed by atoms with Gasteiger partial charge in [0.25, 0.3) is 0 Å². The molecule has 2 atom stereocenters. The molecule has 0 unspecified atom stereocenters. The Hall–Kier alpha value is -2.63. The SMILES string of the molecule is Cc1cccc([C@H](C)Nc2ncc(C)c(N3C(=O)OC[C@@H]3C(C)C)n2)c1. The van der Waals surface area contributed by atoms with Gasteiger partial charge in [-0.25, -0.2) is 9.78 Å². The third-order valence-electron chi connectivity index (χ3n) is 4.74. The Labute approximate surface area is 154 Å². The van der Waals surface area contributed by atoms with E-state index in [-0.39, 0.29) is 24.1 Å². The number of nitrogens with one attached hydrogen (secondary N) is 1. The van der Waals surface area contributed by atoms with E-state index in [1.54, 1.807) is 11.1 Å². The second-order valence-corrected chi connectivity index (χ2v) is 7.24. The van der Waals surface area contributed by atoms with Gasteiger partial charge in [-0.3, -0.25) is 4.90 Å². The molecule has 26 heavy (non-hydrogen) atoms. The molecule has 0 aliphatic carbocycles. The first kappa shape index (κ1) is 18.2. The van der Waals surface area contributed by atoms with Crippen molar-refractivity contribution in [2.75, 3.05) is 16.8 Å². The predicted molar refractivity (Wildman–Crippen MR) is 102 cm³/mol. The van der Waals surface area contributed by atoms with Gasteiger partial charge in [-0.05, 0) is 32.3 Å². The van der Waals surface area contributed by atoms with Crippen molar-refractivity contribution in [3.8, 4) is 0 Å². The quantitative estimate of drug-likeness (QED) is 0.869. The van der Waals surface area contributed by atoms with Gasteiger partial charge in [0.15, 0.2) is 0 Å². The molecule has 3 rings (SSSR count). The minimum Gasteiger partial charge on any atom is -0.447 e. The molecular formula is C20H26N4O2. The van der Waals surface area contributed by atoms with Crippen LogP contribution < -0.4 is 10.2 Å². The number of aryl methyl sites for hydroxylation is 2. The Morgan fingerprint density at radius 1 is 1.27 bits per heavy atom. The minimum atomic E-state index is -0.344. The zero-order valence-electron chi connectivity index (χ0n) is 16.0. The van der Waals surface area contributed by atoms with Crippen LogP contribution in [0.5, 0.6) is 0 Å². The molecule has 1 aliphatic rings. The number of ether oxygens (including phenoxy) is 1. The molecule has 0 spiro atoms. The first-order chi connectivity index (χ1) is 12.4. The monoisotopic (exact) mass is 354 g/mol. The first-order valence-electron chi connectivity index (χ1n) is 8.99. The van der Waals surface area contributed by atoms with E-state index in [0.717, 1.165) is 11.1 Å². The van der Waals surface area contributed by atoms with Crippen molar-refractivity contribution < 1.29 is 9.53 Å². The zero-order valence-corrected chi connectivity index (χ0v) is 16.0. The lowest BCUT2D eigenvalue weighted by molar-refractivity contribution is 0.177. The van der Waals surface area contributed by atoms with Crippen LogP contribution >= 0.6 is 0 Å². The first-order valence-corrected chi connectivity index (χ1v) is 8.99. The largest absolute Gasteiger partial charge is 0.447 e. The summed E-state index contributed by atoms with van der Waals surface area (Å²) in [5.74, 6) is 1.39. The third kappa shape index (κ3) is 3.64. The normalized spacial score (nSPS) is 18.2. The summed E-state index contributed by atoms with van der Waals surface area (Å²) in [7, 11) is 0. The number of carbonyl (C=O) groups excluding carboxylic acids is 1. The van der Waals surface area contributed by atoms with Gasteiger partial charge in [0.2, 0.25) is 5.95 Å². The van der Waals surface area contributed by atoms with Gasteiger partial charge in [-0.15, -0.1) is 0 Å². The summed E-state index contributed by atoms with van der Waals surface area (Å²) in [6, 6.07) is 8.36. The molecule has 1 amide bonds. The standard InChI is InChI=1S/C20H26N4O2/c1-12(2)17-11-26-20(25)24(17)18-14(4)10-21-19(23-18)22-15(5)16-8-6-7-13(3)9-16/h6-10,12,15,17H,11H2,1-5H3,(H,21,22,23)/t15-,17+/m0/s1. The maximum atomic E-state index is 12.3. The number of carbonyl (C=O) groups is 1. The lowest BCUT2D eigenvalue weighted by Gasteiger charge is -2.25. The van der Waals surface area contributed by atoms with Crippen molar-refractivity contribution in [3.05, 3.63) is 47.2 Å². The Kier molecular flexibility index (Phi) is 5.11. The number of hydrogen-bond donors (Lipinski definition) is 1. The van der Waals surface area contributed by atoms with Gasteiger partial charge in [-0.2, -0.15) is 4.98 Å². The molecular weight excluding hydrogens is 328 g/mol. The zero-order chi connectivity index (χ0) is 18.8. The van der Waals surface area contributed by atoms with Gasteiger partial charge >= 0.3 is 6.09 Å². The molecule has 2 aromatic rings. The van der Waals surface area contributed by atoms with E-state index >= 15 is 0 Å². The molecule has 1 aromatic carbocycles. The number of rotatable bonds is 5. The van der Waals surface area contributed by atoms with Crippen LogP contribution in [-0.4, -0.2) is 28.7 Å². The van der Waals surface area contributed by atoms with Gasteiger partial charge in [-0.1, -0.05) is 43.7 Å². The van der Waals surface area contributed by atoms with Gasteiger partial charge in [0.1, 0.15) is 12.4 Å². The molecule has 6 nitrogen and oxygen atoms in total. The molecule has 0 saturated carbocycles. The Morgan fingerprint density at radius 2 is 2.04 bits per heavy atom. The van der Waals surface area contributed by atoms with E-state index in [0.29, 0.717) is 18.4 Å². The van der Waals surface area contributed by atoms with E-state index in [9.17, 15) is 4.79 Å². The van der Waals surface area contributed by atoms with Gasteiger partial charge in [0, 0.05) is 11.8 Å². The van der Waals surface area contributed by atoms with Gasteiger partial charge in [0.05, 0.1) is 12.1 Å². The Bertz CT molecular complexity index is 806. The summed E-state index contributed by atoms with van der Waals surface area (Å²) in [5.41, 5.74) is 3.22. The smallest absolute Gasteiger partial charge is 0.415 e. The number of hydrogen-bond acceptors (Lipinski definition) is 5. The minimum absolute atomic E-state index is 0.0156. The van der Waals surface area contributed by atoms with Crippen molar-refractivity contribution in [2.45, 2.75) is 46.7 Å². The van der Waals surface area contributed by atoms with E-state index in [1.165, 1.54) is 5.56 Å². The van der Waals surface area contributed by atoms with Gasteiger partial charge < -0.3 is 10.1 Å². The molecule has 1 fully saturated rings. The highest BCUT2D eigenvalue weighted by atomic mass is 16.6. The summed E-state index contributed by atoms with van der Waals surface area (Å²) in [5, 5.41) is 3.33. The average molecular weight is 354 g/mol. The van der Waals surface area contributed by atoms with Crippen molar-refractivity contribution >= 4 is 17.9 Å². The van der Waals surface area contributed by atoms with Crippen LogP contribution in [-0.2, 0) is 4.74 Å². The van der Waals surface area contributed by atoms with E-state index < -0.39 is 0 Å². The van der Waals surface area contributed by atoms with E-state index in [4.69, 9.17) is 4.74 Å². The number of nitrogens with zero attached hydrogens (tertiary/aromatic N) is 3. The van der Waals surface area contributed by atoms with Crippen LogP contribution in [0.2, 0.25) is 0 Å². The molecule has 2 heterocycles. The molecule has 1 saturated heterocycles. The number of cyclic esters (lactones) is 1. The Morgan fingerprint density at radius 3 is 2.73 bits per heavy atom. The predicted octanol–water partition coefficient (Wildman–Crippen LogP) is 4.25. The van der Waals surface area contributed by atoms with E-state index in [1.807, 2.05) is 13.0 Å². The summed E-state index contributed by atoms with van der Waals surface area (Å²) >= 11 is 0. The molecule has 1 aromatic heterocycles. The second kappa shape index (κ2) is 7.32. The number of benzene rings is 1.